The van der Waals surface area contributed by atoms with Gasteiger partial charge in [0.05, 0.1) is 0 Å². The zero-order chi connectivity index (χ0) is 4.50. The summed E-state index contributed by atoms with van der Waals surface area (Å²) in [7, 11) is -4.61. The molecule has 0 unspecified atom stereocenters. The summed E-state index contributed by atoms with van der Waals surface area (Å²) in [6, 6.07) is 0. The standard InChI is InChI=1S/4FH.H4O4Si.Ti/c;;;;1-5(2,3)4;/h4*1H;1-4H;/q;;;;;+4/p-4. The number of halogens is 4. The minimum absolute atomic E-state index is 0. The average Bonchev–Trinajstić information content (AvgIpc) is 0.722. The maximum atomic E-state index is 7.33. The number of hydrogen-bond acceptors (Lipinski definition) is 4. The third-order valence-electron chi connectivity index (χ3n) is 0. The molecule has 0 heterocycles. The molecule has 0 spiro atoms. The third-order valence-corrected chi connectivity index (χ3v) is 0. The van der Waals surface area contributed by atoms with Crippen molar-refractivity contribution in [2.75, 3.05) is 0 Å². The fourth-order valence-electron chi connectivity index (χ4n) is 0. The molecule has 0 radical (unpaired) electrons. The molecule has 10 heteroatoms. The van der Waals surface area contributed by atoms with Gasteiger partial charge in [-0.05, 0) is 0 Å². The Morgan fingerprint density at radius 2 is 0.600 bits per heavy atom. The smallest absolute Gasteiger partial charge is 1.00 e. The second-order valence-corrected chi connectivity index (χ2v) is 1.80. The largest absolute Gasteiger partial charge is 4.00 e. The van der Waals surface area contributed by atoms with Crippen molar-refractivity contribution in [2.45, 2.75) is 0 Å². The summed E-state index contributed by atoms with van der Waals surface area (Å²) in [4.78, 5) is 29.3. The van der Waals surface area contributed by atoms with Crippen molar-refractivity contribution >= 4 is 9.05 Å². The van der Waals surface area contributed by atoms with Crippen LogP contribution in [0.25, 0.3) is 0 Å². The van der Waals surface area contributed by atoms with Gasteiger partial charge in [-0.25, -0.2) is 0 Å². The van der Waals surface area contributed by atoms with Crippen LogP contribution >= 0.6 is 0 Å². The molecule has 0 bridgehead atoms. The first kappa shape index (κ1) is 46.9. The Hall–Kier alpha value is 0.491. The van der Waals surface area contributed by atoms with Gasteiger partial charge in [-0.2, -0.15) is 0 Å². The Balaban J connectivity index is -0.00000000800. The molecule has 0 aromatic rings. The Kier molecular flexibility index (Phi) is 76.1. The van der Waals surface area contributed by atoms with E-state index in [-0.39, 0.29) is 40.5 Å². The van der Waals surface area contributed by atoms with Crippen LogP contribution in [0.3, 0.4) is 0 Å². The molecule has 0 saturated carbocycles. The first-order valence-electron chi connectivity index (χ1n) is 0.894. The van der Waals surface area contributed by atoms with E-state index < -0.39 is 9.05 Å². The van der Waals surface area contributed by atoms with Gasteiger partial charge >= 0.3 is 30.8 Å². The SMILES string of the molecule is O[Si](O)(O)O.[F-].[F-].[F-].[F-].[Ti+4]. The normalized spacial score (nSPS) is 6.00. The minimum atomic E-state index is -4.61. The molecule has 0 saturated heterocycles. The van der Waals surface area contributed by atoms with Crippen LogP contribution < -0.4 is 18.8 Å². The predicted molar refractivity (Wildman–Crippen MR) is 14.6 cm³/mol. The summed E-state index contributed by atoms with van der Waals surface area (Å²) in [6.07, 6.45) is 0. The van der Waals surface area contributed by atoms with Crippen molar-refractivity contribution in [2.24, 2.45) is 0 Å². The molecule has 0 atom stereocenters. The van der Waals surface area contributed by atoms with Crippen LogP contribution in [0.1, 0.15) is 0 Å². The van der Waals surface area contributed by atoms with Crippen molar-refractivity contribution in [1.29, 1.82) is 0 Å². The van der Waals surface area contributed by atoms with Gasteiger partial charge in [-0.15, -0.1) is 0 Å². The Morgan fingerprint density at radius 1 is 0.600 bits per heavy atom. The molecule has 64 valence electrons. The van der Waals surface area contributed by atoms with Crippen LogP contribution in [0.2, 0.25) is 0 Å². The van der Waals surface area contributed by atoms with Gasteiger partial charge < -0.3 is 38.0 Å². The van der Waals surface area contributed by atoms with Gasteiger partial charge in [0.2, 0.25) is 0 Å². The van der Waals surface area contributed by atoms with Gasteiger partial charge in [0.25, 0.3) is 0 Å². The van der Waals surface area contributed by atoms with E-state index in [4.69, 9.17) is 19.2 Å². The average molecular weight is 220 g/mol. The molecule has 0 aliphatic carbocycles. The van der Waals surface area contributed by atoms with Crippen LogP contribution in [0.5, 0.6) is 0 Å². The summed E-state index contributed by atoms with van der Waals surface area (Å²) in [5.41, 5.74) is 0. The molecular formula is H4F4O4SiTi. The molecule has 0 aromatic carbocycles. The van der Waals surface area contributed by atoms with E-state index in [9.17, 15) is 0 Å². The number of hydrogen-bond donors (Lipinski definition) is 4. The van der Waals surface area contributed by atoms with Crippen molar-refractivity contribution in [3.05, 3.63) is 0 Å². The van der Waals surface area contributed by atoms with Crippen molar-refractivity contribution in [3.8, 4) is 0 Å². The van der Waals surface area contributed by atoms with E-state index in [2.05, 4.69) is 0 Å². The molecule has 0 rings (SSSR count). The topological polar surface area (TPSA) is 80.9 Å². The zero-order valence-corrected chi connectivity index (χ0v) is 6.86. The molecule has 0 aromatic heterocycles. The third kappa shape index (κ3) is 1980. The maximum Gasteiger partial charge on any atom is 4.00 e. The van der Waals surface area contributed by atoms with Gasteiger partial charge in [-0.3, -0.25) is 0 Å². The van der Waals surface area contributed by atoms with Crippen molar-refractivity contribution in [3.63, 3.8) is 0 Å². The van der Waals surface area contributed by atoms with Crippen LogP contribution in [0, 0.1) is 0 Å². The Morgan fingerprint density at radius 3 is 0.600 bits per heavy atom. The van der Waals surface area contributed by atoms with Gasteiger partial charge in [0, 0.05) is 0 Å². The van der Waals surface area contributed by atoms with Gasteiger partial charge in [-0.1, -0.05) is 0 Å². The number of rotatable bonds is 0. The van der Waals surface area contributed by atoms with E-state index in [1.165, 1.54) is 0 Å². The van der Waals surface area contributed by atoms with Crippen LogP contribution in [-0.2, 0) is 21.7 Å². The fraction of sp³-hybridized carbons (Fsp3) is 0. The second-order valence-electron chi connectivity index (χ2n) is 0.600. The molecule has 0 aliphatic heterocycles. The van der Waals surface area contributed by atoms with E-state index in [1.54, 1.807) is 0 Å². The zero-order valence-electron chi connectivity index (χ0n) is 4.30. The predicted octanol–water partition coefficient (Wildman–Crippen LogP) is -14.6. The molecule has 10 heavy (non-hydrogen) atoms. The van der Waals surface area contributed by atoms with Crippen molar-refractivity contribution < 1.29 is 59.7 Å². The summed E-state index contributed by atoms with van der Waals surface area (Å²) in [5.74, 6) is 0. The molecule has 0 aliphatic rings. The first-order valence-corrected chi connectivity index (χ1v) is 2.68. The van der Waals surface area contributed by atoms with Gasteiger partial charge in [0.1, 0.15) is 0 Å². The summed E-state index contributed by atoms with van der Waals surface area (Å²) in [6.45, 7) is 0. The Labute approximate surface area is 69.3 Å². The Bertz CT molecular complexity index is 32.7. The van der Waals surface area contributed by atoms with Crippen LogP contribution in [0.15, 0.2) is 0 Å². The maximum absolute atomic E-state index is 7.33. The molecular weight excluding hydrogens is 216 g/mol. The second kappa shape index (κ2) is 16.2. The van der Waals surface area contributed by atoms with Crippen LogP contribution in [-0.4, -0.2) is 28.2 Å². The molecule has 0 fully saturated rings. The first-order chi connectivity index (χ1) is 2.00. The van der Waals surface area contributed by atoms with E-state index >= 15 is 0 Å². The fourth-order valence-corrected chi connectivity index (χ4v) is 0. The monoisotopic (exact) mass is 220 g/mol. The van der Waals surface area contributed by atoms with E-state index in [1.807, 2.05) is 0 Å². The van der Waals surface area contributed by atoms with Crippen LogP contribution in [0.4, 0.5) is 0 Å². The summed E-state index contributed by atoms with van der Waals surface area (Å²) >= 11 is 0. The molecule has 4 nitrogen and oxygen atoms in total. The molecule has 0 amide bonds. The molecule has 4 N–H and O–H groups in total. The van der Waals surface area contributed by atoms with E-state index in [0.29, 0.717) is 0 Å². The quantitative estimate of drug-likeness (QED) is 0.241. The van der Waals surface area contributed by atoms with Crippen molar-refractivity contribution in [1.82, 2.24) is 0 Å². The minimum Gasteiger partial charge on any atom is -1.00 e. The van der Waals surface area contributed by atoms with Gasteiger partial charge in [0.15, 0.2) is 0 Å². The van der Waals surface area contributed by atoms with E-state index in [0.717, 1.165) is 0 Å². The summed E-state index contributed by atoms with van der Waals surface area (Å²) in [5, 5.41) is 0. The summed E-state index contributed by atoms with van der Waals surface area (Å²) < 4.78 is 0.